The molecule has 0 radical (unpaired) electrons. The maximum absolute atomic E-state index is 13.7. The number of halogens is 2. The van der Waals surface area contributed by atoms with Gasteiger partial charge in [0.2, 0.25) is 0 Å². The molecule has 0 aliphatic rings. The summed E-state index contributed by atoms with van der Waals surface area (Å²) in [7, 11) is 0. The summed E-state index contributed by atoms with van der Waals surface area (Å²) in [6.07, 6.45) is 0. The zero-order valence-electron chi connectivity index (χ0n) is 10.7. The molecule has 2 N–H and O–H groups in total. The van der Waals surface area contributed by atoms with Crippen LogP contribution in [0.5, 0.6) is 5.75 Å². The molecule has 0 unspecified atom stereocenters. The van der Waals surface area contributed by atoms with E-state index >= 15 is 0 Å². The number of benzene rings is 2. The molecular weight excluding hydrogens is 260 g/mol. The van der Waals surface area contributed by atoms with Gasteiger partial charge >= 0.3 is 0 Å². The molecule has 0 aliphatic heterocycles. The lowest BCUT2D eigenvalue weighted by atomic mass is 10.2. The molecule has 0 amide bonds. The Morgan fingerprint density at radius 2 is 1.80 bits per heavy atom. The van der Waals surface area contributed by atoms with Gasteiger partial charge in [0.05, 0.1) is 12.1 Å². The molecule has 102 valence electrons. The van der Waals surface area contributed by atoms with Crippen LogP contribution in [0.3, 0.4) is 0 Å². The third-order valence-corrected chi connectivity index (χ3v) is 2.58. The minimum atomic E-state index is -0.456. The SMILES string of the molecule is NCC#Cc1ccc(OCc2ccc(F)cc2)cc1F. The summed E-state index contributed by atoms with van der Waals surface area (Å²) >= 11 is 0. The smallest absolute Gasteiger partial charge is 0.142 e. The normalized spacial score (nSPS) is 9.75. The van der Waals surface area contributed by atoms with Crippen LogP contribution in [-0.2, 0) is 6.61 Å². The van der Waals surface area contributed by atoms with Crippen LogP contribution in [0.15, 0.2) is 42.5 Å². The van der Waals surface area contributed by atoms with Crippen molar-refractivity contribution < 1.29 is 13.5 Å². The second-order valence-electron chi connectivity index (χ2n) is 4.06. The third kappa shape index (κ3) is 3.81. The van der Waals surface area contributed by atoms with Gasteiger partial charge in [-0.1, -0.05) is 24.0 Å². The van der Waals surface area contributed by atoms with E-state index in [0.29, 0.717) is 5.75 Å². The predicted molar refractivity (Wildman–Crippen MR) is 73.1 cm³/mol. The van der Waals surface area contributed by atoms with Gasteiger partial charge in [0.25, 0.3) is 0 Å². The predicted octanol–water partition coefficient (Wildman–Crippen LogP) is 2.85. The second kappa shape index (κ2) is 6.69. The molecule has 0 aliphatic carbocycles. The van der Waals surface area contributed by atoms with Crippen molar-refractivity contribution in [3.05, 3.63) is 65.2 Å². The summed E-state index contributed by atoms with van der Waals surface area (Å²) < 4.78 is 31.9. The Labute approximate surface area is 116 Å². The number of hydrogen-bond acceptors (Lipinski definition) is 2. The quantitative estimate of drug-likeness (QED) is 0.873. The van der Waals surface area contributed by atoms with Crippen molar-refractivity contribution in [2.24, 2.45) is 5.73 Å². The van der Waals surface area contributed by atoms with Crippen LogP contribution in [0, 0.1) is 23.5 Å². The molecule has 0 aromatic heterocycles. The van der Waals surface area contributed by atoms with E-state index in [1.165, 1.54) is 24.3 Å². The summed E-state index contributed by atoms with van der Waals surface area (Å²) in [6.45, 7) is 0.426. The molecule has 0 saturated heterocycles. The van der Waals surface area contributed by atoms with Crippen molar-refractivity contribution in [1.82, 2.24) is 0 Å². The van der Waals surface area contributed by atoms with Gasteiger partial charge < -0.3 is 10.5 Å². The van der Waals surface area contributed by atoms with Gasteiger partial charge in [0, 0.05) is 6.07 Å². The lowest BCUT2D eigenvalue weighted by molar-refractivity contribution is 0.304. The van der Waals surface area contributed by atoms with Crippen LogP contribution >= 0.6 is 0 Å². The Kier molecular flexibility index (Phi) is 4.70. The molecule has 0 saturated carbocycles. The maximum atomic E-state index is 13.7. The summed E-state index contributed by atoms with van der Waals surface area (Å²) in [5.74, 6) is 4.86. The molecular formula is C16H13F2NO. The average molecular weight is 273 g/mol. The van der Waals surface area contributed by atoms with Crippen molar-refractivity contribution in [1.29, 1.82) is 0 Å². The molecule has 0 spiro atoms. The van der Waals surface area contributed by atoms with E-state index in [2.05, 4.69) is 11.8 Å². The first-order chi connectivity index (χ1) is 9.69. The highest BCUT2D eigenvalue weighted by molar-refractivity contribution is 5.40. The van der Waals surface area contributed by atoms with Crippen molar-refractivity contribution in [3.63, 3.8) is 0 Å². The fourth-order valence-corrected chi connectivity index (χ4v) is 1.58. The van der Waals surface area contributed by atoms with E-state index in [1.54, 1.807) is 18.2 Å². The van der Waals surface area contributed by atoms with E-state index in [-0.39, 0.29) is 24.5 Å². The first-order valence-electron chi connectivity index (χ1n) is 6.05. The summed E-state index contributed by atoms with van der Waals surface area (Å²) in [6, 6.07) is 10.4. The van der Waals surface area contributed by atoms with Crippen molar-refractivity contribution in [3.8, 4) is 17.6 Å². The molecule has 0 bridgehead atoms. The molecule has 2 nitrogen and oxygen atoms in total. The van der Waals surface area contributed by atoms with Crippen molar-refractivity contribution in [2.75, 3.05) is 6.54 Å². The van der Waals surface area contributed by atoms with E-state index in [1.807, 2.05) is 0 Å². The third-order valence-electron chi connectivity index (χ3n) is 2.58. The van der Waals surface area contributed by atoms with Gasteiger partial charge in [-0.05, 0) is 29.8 Å². The van der Waals surface area contributed by atoms with Gasteiger partial charge in [0.1, 0.15) is 24.0 Å². The second-order valence-corrected chi connectivity index (χ2v) is 4.06. The minimum absolute atomic E-state index is 0.183. The van der Waals surface area contributed by atoms with Crippen LogP contribution in [0.2, 0.25) is 0 Å². The summed E-state index contributed by atoms with van der Waals surface area (Å²) in [5, 5.41) is 0. The fourth-order valence-electron chi connectivity index (χ4n) is 1.58. The first kappa shape index (κ1) is 14.0. The van der Waals surface area contributed by atoms with Crippen LogP contribution in [0.25, 0.3) is 0 Å². The maximum Gasteiger partial charge on any atom is 0.142 e. The van der Waals surface area contributed by atoms with Gasteiger partial charge in [0.15, 0.2) is 0 Å². The molecule has 4 heteroatoms. The highest BCUT2D eigenvalue weighted by atomic mass is 19.1. The zero-order valence-corrected chi connectivity index (χ0v) is 10.7. The van der Waals surface area contributed by atoms with Crippen molar-refractivity contribution >= 4 is 0 Å². The number of ether oxygens (including phenoxy) is 1. The van der Waals surface area contributed by atoms with Crippen LogP contribution in [0.4, 0.5) is 8.78 Å². The van der Waals surface area contributed by atoms with E-state index in [4.69, 9.17) is 10.5 Å². The molecule has 0 heterocycles. The molecule has 0 fully saturated rings. The molecule has 0 atom stereocenters. The van der Waals surface area contributed by atoms with E-state index < -0.39 is 5.82 Å². The topological polar surface area (TPSA) is 35.2 Å². The van der Waals surface area contributed by atoms with Gasteiger partial charge in [-0.2, -0.15) is 0 Å². The number of nitrogens with two attached hydrogens (primary N) is 1. The van der Waals surface area contributed by atoms with Gasteiger partial charge in [-0.15, -0.1) is 0 Å². The Morgan fingerprint density at radius 3 is 2.45 bits per heavy atom. The van der Waals surface area contributed by atoms with E-state index in [0.717, 1.165) is 5.56 Å². The molecule has 2 rings (SSSR count). The van der Waals surface area contributed by atoms with Crippen LogP contribution in [0.1, 0.15) is 11.1 Å². The van der Waals surface area contributed by atoms with Gasteiger partial charge in [-0.3, -0.25) is 0 Å². The Bertz CT molecular complexity index is 642. The van der Waals surface area contributed by atoms with Crippen molar-refractivity contribution in [2.45, 2.75) is 6.61 Å². The lowest BCUT2D eigenvalue weighted by Gasteiger charge is -2.07. The van der Waals surface area contributed by atoms with Gasteiger partial charge in [-0.25, -0.2) is 8.78 Å². The van der Waals surface area contributed by atoms with E-state index in [9.17, 15) is 8.78 Å². The Morgan fingerprint density at radius 1 is 1.05 bits per heavy atom. The zero-order chi connectivity index (χ0) is 14.4. The highest BCUT2D eigenvalue weighted by Gasteiger charge is 2.03. The Hall–Kier alpha value is -2.38. The standard InChI is InChI=1S/C16H13F2NO/c17-14-6-3-12(4-7-14)11-20-15-8-5-13(2-1-9-19)16(18)10-15/h3-8,10H,9,11,19H2. The minimum Gasteiger partial charge on any atom is -0.489 e. The summed E-state index contributed by atoms with van der Waals surface area (Å²) in [4.78, 5) is 0. The summed E-state index contributed by atoms with van der Waals surface area (Å²) in [5.41, 5.74) is 6.32. The number of rotatable bonds is 3. The highest BCUT2D eigenvalue weighted by Crippen LogP contribution is 2.17. The van der Waals surface area contributed by atoms with Crippen LogP contribution < -0.4 is 10.5 Å². The fraction of sp³-hybridized carbons (Fsp3) is 0.125. The average Bonchev–Trinajstić information content (AvgIpc) is 2.46. The molecule has 2 aromatic rings. The van der Waals surface area contributed by atoms with Crippen LogP contribution in [-0.4, -0.2) is 6.54 Å². The monoisotopic (exact) mass is 273 g/mol. The first-order valence-corrected chi connectivity index (χ1v) is 6.05. The molecule has 2 aromatic carbocycles. The Balaban J connectivity index is 2.03. The lowest BCUT2D eigenvalue weighted by Crippen LogP contribution is -1.97. The largest absolute Gasteiger partial charge is 0.489 e. The molecule has 20 heavy (non-hydrogen) atoms. The number of hydrogen-bond donors (Lipinski definition) is 1.